The Bertz CT molecular complexity index is 1000. The second-order valence-electron chi connectivity index (χ2n) is 7.67. The van der Waals surface area contributed by atoms with Crippen molar-refractivity contribution in [3.05, 3.63) is 66.7 Å². The molecule has 2 aromatic carbocycles. The number of hydrogen-bond donors (Lipinski definition) is 0. The Labute approximate surface area is 190 Å². The predicted molar refractivity (Wildman–Crippen MR) is 127 cm³/mol. The van der Waals surface area contributed by atoms with E-state index in [4.69, 9.17) is 19.2 Å². The summed E-state index contributed by atoms with van der Waals surface area (Å²) in [6, 6.07) is 22.1. The maximum absolute atomic E-state index is 11.7. The average Bonchev–Trinajstić information content (AvgIpc) is 2.84. The molecule has 0 saturated carbocycles. The van der Waals surface area contributed by atoms with Crippen molar-refractivity contribution in [1.82, 2.24) is 4.98 Å². The summed E-state index contributed by atoms with van der Waals surface area (Å²) in [5.74, 6) is 1.17. The third-order valence-corrected chi connectivity index (χ3v) is 5.24. The van der Waals surface area contributed by atoms with Gasteiger partial charge in [0.05, 0.1) is 31.9 Å². The first-order valence-electron chi connectivity index (χ1n) is 11.1. The molecule has 0 bridgehead atoms. The van der Waals surface area contributed by atoms with Crippen LogP contribution in [0.15, 0.2) is 66.7 Å². The van der Waals surface area contributed by atoms with Crippen LogP contribution in [0.5, 0.6) is 11.6 Å². The SMILES string of the molecule is CCOC(=O)C(C)CCCCOc1cc(-c2cccc(OC)c2)cc(-c2ccccc2)n1. The van der Waals surface area contributed by atoms with Crippen LogP contribution in [0.3, 0.4) is 0 Å². The molecule has 0 N–H and O–H groups in total. The Kier molecular flexibility index (Phi) is 8.67. The fraction of sp³-hybridized carbons (Fsp3) is 0.333. The molecule has 0 amide bonds. The highest BCUT2D eigenvalue weighted by atomic mass is 16.5. The van der Waals surface area contributed by atoms with Gasteiger partial charge in [-0.15, -0.1) is 0 Å². The van der Waals surface area contributed by atoms with E-state index in [1.54, 1.807) is 7.11 Å². The Morgan fingerprint density at radius 3 is 2.47 bits per heavy atom. The van der Waals surface area contributed by atoms with E-state index in [-0.39, 0.29) is 11.9 Å². The summed E-state index contributed by atoms with van der Waals surface area (Å²) in [4.78, 5) is 16.5. The van der Waals surface area contributed by atoms with Gasteiger partial charge in [-0.3, -0.25) is 4.79 Å². The van der Waals surface area contributed by atoms with Crippen molar-refractivity contribution < 1.29 is 19.0 Å². The first kappa shape index (κ1) is 23.3. The smallest absolute Gasteiger partial charge is 0.308 e. The van der Waals surface area contributed by atoms with E-state index in [1.165, 1.54) is 0 Å². The molecule has 0 fully saturated rings. The van der Waals surface area contributed by atoms with Crippen molar-refractivity contribution in [3.63, 3.8) is 0 Å². The van der Waals surface area contributed by atoms with Crippen LogP contribution in [-0.2, 0) is 9.53 Å². The van der Waals surface area contributed by atoms with E-state index in [1.807, 2.05) is 74.5 Å². The van der Waals surface area contributed by atoms with Crippen molar-refractivity contribution >= 4 is 5.97 Å². The standard InChI is InChI=1S/C27H31NO4/c1-4-31-27(29)20(2)11-8-9-16-32-26-19-23(22-14-10-15-24(17-22)30-3)18-25(28-26)21-12-6-5-7-13-21/h5-7,10,12-15,17-20H,4,8-9,11,16H2,1-3H3. The second-order valence-corrected chi connectivity index (χ2v) is 7.67. The molecule has 0 radical (unpaired) electrons. The molecule has 1 unspecified atom stereocenters. The summed E-state index contributed by atoms with van der Waals surface area (Å²) in [6.45, 7) is 4.70. The lowest BCUT2D eigenvalue weighted by Gasteiger charge is -2.12. The normalized spacial score (nSPS) is 11.6. The van der Waals surface area contributed by atoms with Crippen LogP contribution in [0.1, 0.15) is 33.1 Å². The molecular formula is C27H31NO4. The molecule has 1 atom stereocenters. The fourth-order valence-electron chi connectivity index (χ4n) is 3.44. The van der Waals surface area contributed by atoms with E-state index in [0.717, 1.165) is 47.4 Å². The second kappa shape index (κ2) is 11.9. The number of benzene rings is 2. The number of aromatic nitrogens is 1. The van der Waals surface area contributed by atoms with Crippen molar-refractivity contribution in [1.29, 1.82) is 0 Å². The van der Waals surface area contributed by atoms with Crippen LogP contribution in [0.4, 0.5) is 0 Å². The van der Waals surface area contributed by atoms with E-state index in [0.29, 0.717) is 19.1 Å². The first-order chi connectivity index (χ1) is 15.6. The van der Waals surface area contributed by atoms with Crippen molar-refractivity contribution in [2.75, 3.05) is 20.3 Å². The number of hydrogen-bond acceptors (Lipinski definition) is 5. The maximum atomic E-state index is 11.7. The summed E-state index contributed by atoms with van der Waals surface area (Å²) < 4.78 is 16.5. The minimum atomic E-state index is -0.131. The fourth-order valence-corrected chi connectivity index (χ4v) is 3.44. The average molecular weight is 434 g/mol. The largest absolute Gasteiger partial charge is 0.497 e. The number of rotatable bonds is 11. The number of nitrogens with zero attached hydrogens (tertiary/aromatic N) is 1. The van der Waals surface area contributed by atoms with Gasteiger partial charge >= 0.3 is 5.97 Å². The van der Waals surface area contributed by atoms with Crippen LogP contribution in [-0.4, -0.2) is 31.3 Å². The van der Waals surface area contributed by atoms with Crippen LogP contribution in [0.25, 0.3) is 22.4 Å². The molecule has 3 rings (SSSR count). The maximum Gasteiger partial charge on any atom is 0.308 e. The summed E-state index contributed by atoms with van der Waals surface area (Å²) in [5, 5.41) is 0. The Hall–Kier alpha value is -3.34. The third kappa shape index (κ3) is 6.58. The molecule has 1 heterocycles. The lowest BCUT2D eigenvalue weighted by atomic mass is 10.0. The number of esters is 1. The molecule has 0 saturated heterocycles. The van der Waals surface area contributed by atoms with E-state index in [9.17, 15) is 4.79 Å². The van der Waals surface area contributed by atoms with Gasteiger partial charge < -0.3 is 14.2 Å². The van der Waals surface area contributed by atoms with Crippen LogP contribution < -0.4 is 9.47 Å². The topological polar surface area (TPSA) is 57.7 Å². The van der Waals surface area contributed by atoms with Gasteiger partial charge in [-0.2, -0.15) is 0 Å². The monoisotopic (exact) mass is 433 g/mol. The minimum absolute atomic E-state index is 0.0888. The highest BCUT2D eigenvalue weighted by Gasteiger charge is 2.13. The molecule has 32 heavy (non-hydrogen) atoms. The van der Waals surface area contributed by atoms with Crippen molar-refractivity contribution in [2.45, 2.75) is 33.1 Å². The van der Waals surface area contributed by atoms with Gasteiger partial charge in [0.2, 0.25) is 5.88 Å². The zero-order chi connectivity index (χ0) is 22.8. The number of pyridine rings is 1. The molecule has 0 aliphatic carbocycles. The molecule has 0 aliphatic heterocycles. The molecular weight excluding hydrogens is 402 g/mol. The lowest BCUT2D eigenvalue weighted by Crippen LogP contribution is -2.14. The van der Waals surface area contributed by atoms with E-state index < -0.39 is 0 Å². The molecule has 1 aromatic heterocycles. The summed E-state index contributed by atoms with van der Waals surface area (Å²) in [5.41, 5.74) is 3.95. The number of methoxy groups -OCH3 is 1. The van der Waals surface area contributed by atoms with E-state index >= 15 is 0 Å². The Morgan fingerprint density at radius 1 is 0.938 bits per heavy atom. The first-order valence-corrected chi connectivity index (χ1v) is 11.1. The number of unbranched alkanes of at least 4 members (excludes halogenated alkanes) is 1. The molecule has 0 spiro atoms. The van der Waals surface area contributed by atoms with Crippen LogP contribution in [0, 0.1) is 5.92 Å². The lowest BCUT2D eigenvalue weighted by molar-refractivity contribution is -0.147. The summed E-state index contributed by atoms with van der Waals surface area (Å²) in [7, 11) is 1.67. The molecule has 168 valence electrons. The van der Waals surface area contributed by atoms with Gasteiger partial charge in [0, 0.05) is 11.6 Å². The van der Waals surface area contributed by atoms with Crippen LogP contribution >= 0.6 is 0 Å². The Morgan fingerprint density at radius 2 is 1.72 bits per heavy atom. The van der Waals surface area contributed by atoms with Gasteiger partial charge in [0.1, 0.15) is 5.75 Å². The third-order valence-electron chi connectivity index (χ3n) is 5.24. The number of carbonyl (C=O) groups is 1. The van der Waals surface area contributed by atoms with Crippen LogP contribution in [0.2, 0.25) is 0 Å². The minimum Gasteiger partial charge on any atom is -0.497 e. The van der Waals surface area contributed by atoms with Gasteiger partial charge in [-0.1, -0.05) is 49.4 Å². The van der Waals surface area contributed by atoms with Gasteiger partial charge in [0.25, 0.3) is 0 Å². The van der Waals surface area contributed by atoms with Crippen molar-refractivity contribution in [3.8, 4) is 34.0 Å². The molecule has 3 aromatic rings. The van der Waals surface area contributed by atoms with Gasteiger partial charge in [-0.05, 0) is 55.5 Å². The highest BCUT2D eigenvalue weighted by molar-refractivity contribution is 5.73. The highest BCUT2D eigenvalue weighted by Crippen LogP contribution is 2.30. The summed E-state index contributed by atoms with van der Waals surface area (Å²) >= 11 is 0. The summed E-state index contributed by atoms with van der Waals surface area (Å²) in [6.07, 6.45) is 2.52. The zero-order valence-corrected chi connectivity index (χ0v) is 19.0. The zero-order valence-electron chi connectivity index (χ0n) is 19.0. The van der Waals surface area contributed by atoms with Gasteiger partial charge in [0.15, 0.2) is 0 Å². The molecule has 0 aliphatic rings. The number of carbonyl (C=O) groups excluding carboxylic acids is 1. The predicted octanol–water partition coefficient (Wildman–Crippen LogP) is 6.17. The van der Waals surface area contributed by atoms with Crippen molar-refractivity contribution in [2.24, 2.45) is 5.92 Å². The van der Waals surface area contributed by atoms with Gasteiger partial charge in [-0.25, -0.2) is 4.98 Å². The molecule has 5 nitrogen and oxygen atoms in total. The molecule has 5 heteroatoms. The van der Waals surface area contributed by atoms with E-state index in [2.05, 4.69) is 6.07 Å². The number of ether oxygens (including phenoxy) is 3. The quantitative estimate of drug-likeness (QED) is 0.267. The Balaban J connectivity index is 1.71.